The van der Waals surface area contributed by atoms with Gasteiger partial charge in [-0.2, -0.15) is 0 Å². The Balaban J connectivity index is 2.33. The van der Waals surface area contributed by atoms with Gasteiger partial charge in [0.15, 0.2) is 0 Å². The molecule has 0 bridgehead atoms. The van der Waals surface area contributed by atoms with Crippen molar-refractivity contribution in [1.29, 1.82) is 0 Å². The smallest absolute Gasteiger partial charge is 0.323 e. The molecule has 1 aliphatic carbocycles. The number of nitrogens with zero attached hydrogens (tertiary/aromatic N) is 3. The van der Waals surface area contributed by atoms with E-state index in [9.17, 15) is 19.7 Å². The number of carbonyl (C=O) groups excluding carboxylic acids is 1. The van der Waals surface area contributed by atoms with E-state index >= 15 is 0 Å². The fourth-order valence-electron chi connectivity index (χ4n) is 1.94. The van der Waals surface area contributed by atoms with Gasteiger partial charge in [-0.3, -0.25) is 19.7 Å². The first kappa shape index (κ1) is 15.2. The van der Waals surface area contributed by atoms with Crippen LogP contribution in [-0.2, 0) is 4.79 Å². The van der Waals surface area contributed by atoms with Gasteiger partial charge in [0.2, 0.25) is 5.15 Å². The lowest BCUT2D eigenvalue weighted by Crippen LogP contribution is -2.37. The highest BCUT2D eigenvalue weighted by Crippen LogP contribution is 2.32. The normalized spacial score (nSPS) is 13.8. The number of carboxylic acid groups (broad SMARTS) is 1. The average Bonchev–Trinajstić information content (AvgIpc) is 3.19. The number of carboxylic acids is 1. The summed E-state index contributed by atoms with van der Waals surface area (Å²) in [6, 6.07) is 1.17. The zero-order valence-electron chi connectivity index (χ0n) is 10.9. The third-order valence-electron chi connectivity index (χ3n) is 3.08. The molecule has 21 heavy (non-hydrogen) atoms. The van der Waals surface area contributed by atoms with Gasteiger partial charge in [-0.05, 0) is 24.8 Å². The summed E-state index contributed by atoms with van der Waals surface area (Å²) in [6.07, 6.45) is 3.02. The third-order valence-corrected chi connectivity index (χ3v) is 3.36. The molecule has 1 fully saturated rings. The molecule has 2 rings (SSSR count). The van der Waals surface area contributed by atoms with Gasteiger partial charge < -0.3 is 10.0 Å². The number of aromatic nitrogens is 1. The Bertz CT molecular complexity index is 603. The number of pyridine rings is 1. The lowest BCUT2D eigenvalue weighted by Gasteiger charge is -2.20. The summed E-state index contributed by atoms with van der Waals surface area (Å²) >= 11 is 5.66. The second-order valence-corrected chi connectivity index (χ2v) is 5.14. The van der Waals surface area contributed by atoms with Crippen molar-refractivity contribution in [2.75, 3.05) is 13.1 Å². The van der Waals surface area contributed by atoms with Crippen molar-refractivity contribution in [3.63, 3.8) is 0 Å². The number of carbonyl (C=O) groups is 2. The fraction of sp³-hybridized carbons (Fsp3) is 0.417. The van der Waals surface area contributed by atoms with Crippen LogP contribution in [0.5, 0.6) is 0 Å². The molecule has 0 aliphatic heterocycles. The second kappa shape index (κ2) is 6.04. The van der Waals surface area contributed by atoms with Crippen LogP contribution < -0.4 is 0 Å². The Hall–Kier alpha value is -2.22. The largest absolute Gasteiger partial charge is 0.480 e. The molecular weight excluding hydrogens is 302 g/mol. The molecule has 0 saturated heterocycles. The standard InChI is InChI=1S/C12H12ClN3O5/c13-11-10(16(20)21)8(3-4-14-11)12(19)15(6-9(17)18)5-7-1-2-7/h3-4,7H,1-2,5-6H2,(H,17,18). The highest BCUT2D eigenvalue weighted by molar-refractivity contribution is 6.32. The molecule has 0 spiro atoms. The van der Waals surface area contributed by atoms with Gasteiger partial charge in [0.1, 0.15) is 12.1 Å². The highest BCUT2D eigenvalue weighted by atomic mass is 35.5. The zero-order valence-corrected chi connectivity index (χ0v) is 11.6. The van der Waals surface area contributed by atoms with Crippen LogP contribution >= 0.6 is 11.6 Å². The molecule has 0 unspecified atom stereocenters. The maximum absolute atomic E-state index is 12.4. The Morgan fingerprint density at radius 3 is 2.71 bits per heavy atom. The van der Waals surface area contributed by atoms with E-state index in [0.717, 1.165) is 17.7 Å². The third kappa shape index (κ3) is 3.66. The van der Waals surface area contributed by atoms with Gasteiger partial charge >= 0.3 is 11.7 Å². The van der Waals surface area contributed by atoms with E-state index in [0.29, 0.717) is 0 Å². The number of hydrogen-bond acceptors (Lipinski definition) is 5. The molecule has 1 aromatic rings. The summed E-state index contributed by atoms with van der Waals surface area (Å²) in [5, 5.41) is 19.5. The minimum Gasteiger partial charge on any atom is -0.480 e. The van der Waals surface area contributed by atoms with E-state index in [-0.39, 0.29) is 18.0 Å². The first-order valence-electron chi connectivity index (χ1n) is 6.20. The van der Waals surface area contributed by atoms with Crippen LogP contribution in [-0.4, -0.2) is 44.9 Å². The van der Waals surface area contributed by atoms with Crippen LogP contribution in [0.15, 0.2) is 12.3 Å². The summed E-state index contributed by atoms with van der Waals surface area (Å²) in [6.45, 7) is -0.241. The minimum absolute atomic E-state index is 0.248. The van der Waals surface area contributed by atoms with Crippen LogP contribution in [0.4, 0.5) is 5.69 Å². The molecular formula is C12H12ClN3O5. The molecule has 1 saturated carbocycles. The second-order valence-electron chi connectivity index (χ2n) is 4.78. The van der Waals surface area contributed by atoms with Crippen molar-refractivity contribution in [2.24, 2.45) is 5.92 Å². The minimum atomic E-state index is -1.17. The molecule has 1 N–H and O–H groups in total. The number of aliphatic carboxylic acids is 1. The monoisotopic (exact) mass is 313 g/mol. The van der Waals surface area contributed by atoms with Gasteiger partial charge in [0.05, 0.1) is 4.92 Å². The van der Waals surface area contributed by atoms with Crippen LogP contribution in [0, 0.1) is 16.0 Å². The summed E-state index contributed by atoms with van der Waals surface area (Å²) in [7, 11) is 0. The summed E-state index contributed by atoms with van der Waals surface area (Å²) in [5.41, 5.74) is -0.850. The number of nitro groups is 1. The summed E-state index contributed by atoms with van der Waals surface area (Å²) in [5.74, 6) is -1.64. The molecule has 1 amide bonds. The van der Waals surface area contributed by atoms with Crippen molar-refractivity contribution >= 4 is 29.2 Å². The molecule has 0 atom stereocenters. The SMILES string of the molecule is O=C(O)CN(CC1CC1)C(=O)c1ccnc(Cl)c1[N+](=O)[O-]. The van der Waals surface area contributed by atoms with Gasteiger partial charge in [0, 0.05) is 12.7 Å². The maximum atomic E-state index is 12.4. The molecule has 112 valence electrons. The Labute approximate surface area is 124 Å². The van der Waals surface area contributed by atoms with Crippen LogP contribution in [0.25, 0.3) is 0 Å². The number of hydrogen-bond donors (Lipinski definition) is 1. The molecule has 0 radical (unpaired) electrons. The summed E-state index contributed by atoms with van der Waals surface area (Å²) < 4.78 is 0. The maximum Gasteiger partial charge on any atom is 0.323 e. The van der Waals surface area contributed by atoms with Gasteiger partial charge in [0.25, 0.3) is 5.91 Å². The lowest BCUT2D eigenvalue weighted by molar-refractivity contribution is -0.385. The fourth-order valence-corrected chi connectivity index (χ4v) is 2.17. The predicted molar refractivity (Wildman–Crippen MR) is 72.2 cm³/mol. The Morgan fingerprint density at radius 1 is 1.52 bits per heavy atom. The first-order chi connectivity index (χ1) is 9.90. The summed E-state index contributed by atoms with van der Waals surface area (Å²) in [4.78, 5) is 38.2. The van der Waals surface area contributed by atoms with Crippen molar-refractivity contribution in [2.45, 2.75) is 12.8 Å². The average molecular weight is 314 g/mol. The van der Waals surface area contributed by atoms with Crippen molar-refractivity contribution in [3.05, 3.63) is 33.1 Å². The van der Waals surface area contributed by atoms with Crippen LogP contribution in [0.2, 0.25) is 5.15 Å². The van der Waals surface area contributed by atoms with E-state index < -0.39 is 34.2 Å². The van der Waals surface area contributed by atoms with Crippen molar-refractivity contribution < 1.29 is 19.6 Å². The lowest BCUT2D eigenvalue weighted by atomic mass is 10.2. The number of amides is 1. The molecule has 9 heteroatoms. The van der Waals surface area contributed by atoms with E-state index in [1.807, 2.05) is 0 Å². The number of halogens is 1. The van der Waals surface area contributed by atoms with Crippen molar-refractivity contribution in [1.82, 2.24) is 9.88 Å². The van der Waals surface area contributed by atoms with Gasteiger partial charge in [-0.1, -0.05) is 11.6 Å². The van der Waals surface area contributed by atoms with Crippen molar-refractivity contribution in [3.8, 4) is 0 Å². The Kier molecular flexibility index (Phi) is 4.37. The van der Waals surface area contributed by atoms with E-state index in [2.05, 4.69) is 4.98 Å². The first-order valence-corrected chi connectivity index (χ1v) is 6.58. The quantitative estimate of drug-likeness (QED) is 0.484. The Morgan fingerprint density at radius 2 is 2.19 bits per heavy atom. The molecule has 1 aromatic heterocycles. The van der Waals surface area contributed by atoms with E-state index in [4.69, 9.17) is 16.7 Å². The van der Waals surface area contributed by atoms with Crippen LogP contribution in [0.1, 0.15) is 23.2 Å². The predicted octanol–water partition coefficient (Wildman–Crippen LogP) is 1.58. The molecule has 1 heterocycles. The molecule has 8 nitrogen and oxygen atoms in total. The van der Waals surface area contributed by atoms with Gasteiger partial charge in [-0.15, -0.1) is 0 Å². The van der Waals surface area contributed by atoms with E-state index in [1.165, 1.54) is 12.3 Å². The highest BCUT2D eigenvalue weighted by Gasteiger charge is 2.32. The van der Waals surface area contributed by atoms with Gasteiger partial charge in [-0.25, -0.2) is 4.98 Å². The topological polar surface area (TPSA) is 114 Å². The van der Waals surface area contributed by atoms with Crippen LogP contribution in [0.3, 0.4) is 0 Å². The number of rotatable bonds is 6. The van der Waals surface area contributed by atoms with E-state index in [1.54, 1.807) is 0 Å². The molecule has 1 aliphatic rings. The zero-order chi connectivity index (χ0) is 15.6. The molecule has 0 aromatic carbocycles.